The molecule has 2 N–H and O–H groups in total. The number of hydrogen-bond acceptors (Lipinski definition) is 2. The van der Waals surface area contributed by atoms with Crippen LogP contribution in [0.1, 0.15) is 29.6 Å². The van der Waals surface area contributed by atoms with Gasteiger partial charge in [0, 0.05) is 0 Å². The van der Waals surface area contributed by atoms with Gasteiger partial charge in [0.25, 0.3) is 5.91 Å². The van der Waals surface area contributed by atoms with Crippen LogP contribution in [0.3, 0.4) is 0 Å². The lowest BCUT2D eigenvalue weighted by Gasteiger charge is -2.14. The quantitative estimate of drug-likeness (QED) is 0.858. The topological polar surface area (TPSA) is 66.4 Å². The van der Waals surface area contributed by atoms with E-state index in [1.807, 2.05) is 0 Å². The van der Waals surface area contributed by atoms with Crippen LogP contribution in [0.5, 0.6) is 0 Å². The molecule has 0 radical (unpaired) electrons. The van der Waals surface area contributed by atoms with Gasteiger partial charge < -0.3 is 10.4 Å². The molecule has 1 aromatic rings. The molecule has 0 aromatic heterocycles. The number of halogens is 2. The molecule has 6 heteroatoms. The number of aliphatic carboxylic acids is 1. The van der Waals surface area contributed by atoms with E-state index in [0.29, 0.717) is 12.3 Å². The van der Waals surface area contributed by atoms with E-state index in [1.165, 1.54) is 6.07 Å². The van der Waals surface area contributed by atoms with Crippen molar-refractivity contribution >= 4 is 11.9 Å². The van der Waals surface area contributed by atoms with E-state index in [-0.39, 0.29) is 0 Å². The number of carbonyl (C=O) groups is 2. The maximum Gasteiger partial charge on any atom is 0.326 e. The van der Waals surface area contributed by atoms with Crippen molar-refractivity contribution in [1.82, 2.24) is 5.32 Å². The zero-order valence-corrected chi connectivity index (χ0v) is 10.0. The van der Waals surface area contributed by atoms with Crippen molar-refractivity contribution < 1.29 is 23.5 Å². The van der Waals surface area contributed by atoms with Gasteiger partial charge in [-0.25, -0.2) is 13.6 Å². The molecule has 102 valence electrons. The van der Waals surface area contributed by atoms with Gasteiger partial charge in [-0.3, -0.25) is 4.79 Å². The molecule has 1 saturated carbocycles. The summed E-state index contributed by atoms with van der Waals surface area (Å²) in [6, 6.07) is 2.14. The van der Waals surface area contributed by atoms with Crippen molar-refractivity contribution in [3.8, 4) is 0 Å². The van der Waals surface area contributed by atoms with E-state index in [0.717, 1.165) is 25.0 Å². The third-order valence-corrected chi connectivity index (χ3v) is 3.07. The zero-order valence-electron chi connectivity index (χ0n) is 10.0. The first-order chi connectivity index (χ1) is 8.99. The van der Waals surface area contributed by atoms with Gasteiger partial charge >= 0.3 is 5.97 Å². The molecule has 1 amide bonds. The van der Waals surface area contributed by atoms with Crippen LogP contribution in [-0.2, 0) is 4.79 Å². The van der Waals surface area contributed by atoms with Gasteiger partial charge in [0.2, 0.25) is 0 Å². The average molecular weight is 269 g/mol. The second-order valence-corrected chi connectivity index (χ2v) is 4.64. The molecule has 0 aliphatic heterocycles. The molecule has 0 saturated heterocycles. The van der Waals surface area contributed by atoms with E-state index >= 15 is 0 Å². The second kappa shape index (κ2) is 5.34. The molecule has 1 aliphatic rings. The SMILES string of the molecule is O=C(N[C@H](CC1CC1)C(=O)O)c1cccc(F)c1F. The number of carboxylic acids is 1. The number of hydrogen-bond donors (Lipinski definition) is 2. The van der Waals surface area contributed by atoms with E-state index in [2.05, 4.69) is 5.32 Å². The molecule has 4 nitrogen and oxygen atoms in total. The van der Waals surface area contributed by atoms with Crippen LogP contribution in [-0.4, -0.2) is 23.0 Å². The van der Waals surface area contributed by atoms with Crippen molar-refractivity contribution in [1.29, 1.82) is 0 Å². The molecule has 0 spiro atoms. The highest BCUT2D eigenvalue weighted by molar-refractivity contribution is 5.96. The lowest BCUT2D eigenvalue weighted by atomic mass is 10.1. The Kier molecular flexibility index (Phi) is 3.78. The van der Waals surface area contributed by atoms with Gasteiger partial charge in [-0.2, -0.15) is 0 Å². The Hall–Kier alpha value is -1.98. The predicted molar refractivity (Wildman–Crippen MR) is 62.6 cm³/mol. The van der Waals surface area contributed by atoms with Crippen molar-refractivity contribution in [2.45, 2.75) is 25.3 Å². The minimum atomic E-state index is -1.27. The standard InChI is InChI=1S/C13H13F2NO3/c14-9-3-1-2-8(11(9)15)12(17)16-10(13(18)19)6-7-4-5-7/h1-3,7,10H,4-6H2,(H,16,17)(H,18,19)/t10-/m1/s1. The Bertz CT molecular complexity index is 515. The van der Waals surface area contributed by atoms with Crippen LogP contribution >= 0.6 is 0 Å². The fraction of sp³-hybridized carbons (Fsp3) is 0.385. The lowest BCUT2D eigenvalue weighted by molar-refractivity contribution is -0.139. The van der Waals surface area contributed by atoms with Gasteiger partial charge in [0.05, 0.1) is 5.56 Å². The first-order valence-corrected chi connectivity index (χ1v) is 5.96. The summed E-state index contributed by atoms with van der Waals surface area (Å²) >= 11 is 0. The van der Waals surface area contributed by atoms with Crippen molar-refractivity contribution in [2.24, 2.45) is 5.92 Å². The molecular formula is C13H13F2NO3. The van der Waals surface area contributed by atoms with Crippen LogP contribution in [0.2, 0.25) is 0 Å². The molecule has 1 aromatic carbocycles. The second-order valence-electron chi connectivity index (χ2n) is 4.64. The van der Waals surface area contributed by atoms with Crippen LogP contribution in [0.15, 0.2) is 18.2 Å². The largest absolute Gasteiger partial charge is 0.480 e. The third-order valence-electron chi connectivity index (χ3n) is 3.07. The van der Waals surface area contributed by atoms with E-state index < -0.39 is 35.1 Å². The molecule has 0 unspecified atom stereocenters. The molecule has 0 bridgehead atoms. The summed E-state index contributed by atoms with van der Waals surface area (Å²) in [4.78, 5) is 22.8. The third kappa shape index (κ3) is 3.27. The van der Waals surface area contributed by atoms with Crippen molar-refractivity contribution in [3.05, 3.63) is 35.4 Å². The number of amides is 1. The molecule has 19 heavy (non-hydrogen) atoms. The first kappa shape index (κ1) is 13.5. The monoisotopic (exact) mass is 269 g/mol. The zero-order chi connectivity index (χ0) is 14.0. The summed E-state index contributed by atoms with van der Waals surface area (Å²) in [7, 11) is 0. The Morgan fingerprint density at radius 1 is 1.37 bits per heavy atom. The van der Waals surface area contributed by atoms with E-state index in [4.69, 9.17) is 5.11 Å². The summed E-state index contributed by atoms with van der Waals surface area (Å²) in [5, 5.41) is 11.2. The highest BCUT2D eigenvalue weighted by atomic mass is 19.2. The maximum atomic E-state index is 13.4. The molecular weight excluding hydrogens is 256 g/mol. The van der Waals surface area contributed by atoms with Gasteiger partial charge in [0.1, 0.15) is 6.04 Å². The molecule has 1 fully saturated rings. The van der Waals surface area contributed by atoms with Gasteiger partial charge in [-0.1, -0.05) is 18.9 Å². The first-order valence-electron chi connectivity index (χ1n) is 5.96. The summed E-state index contributed by atoms with van der Waals surface area (Å²) < 4.78 is 26.4. The number of rotatable bonds is 5. The Morgan fingerprint density at radius 2 is 2.05 bits per heavy atom. The van der Waals surface area contributed by atoms with E-state index in [1.54, 1.807) is 0 Å². The van der Waals surface area contributed by atoms with E-state index in [9.17, 15) is 18.4 Å². The number of carboxylic acid groups (broad SMARTS) is 1. The summed E-state index contributed by atoms with van der Waals surface area (Å²) in [6.07, 6.45) is 2.19. The summed E-state index contributed by atoms with van der Waals surface area (Å²) in [5.74, 6) is -4.20. The molecule has 1 atom stereocenters. The van der Waals surface area contributed by atoms with Gasteiger partial charge in [-0.15, -0.1) is 0 Å². The highest BCUT2D eigenvalue weighted by Gasteiger charge is 2.31. The minimum Gasteiger partial charge on any atom is -0.480 e. The smallest absolute Gasteiger partial charge is 0.326 e. The van der Waals surface area contributed by atoms with Crippen LogP contribution in [0.4, 0.5) is 8.78 Å². The summed E-state index contributed by atoms with van der Waals surface area (Å²) in [5.41, 5.74) is -0.484. The van der Waals surface area contributed by atoms with Crippen LogP contribution in [0.25, 0.3) is 0 Å². The number of benzene rings is 1. The predicted octanol–water partition coefficient (Wildman–Crippen LogP) is 1.95. The van der Waals surface area contributed by atoms with Gasteiger partial charge in [0.15, 0.2) is 11.6 Å². The Morgan fingerprint density at radius 3 is 2.63 bits per heavy atom. The minimum absolute atomic E-state index is 0.291. The Balaban J connectivity index is 2.09. The van der Waals surface area contributed by atoms with Gasteiger partial charge in [-0.05, 0) is 24.5 Å². The number of nitrogens with one attached hydrogen (secondary N) is 1. The fourth-order valence-electron chi connectivity index (χ4n) is 1.82. The normalized spacial score (nSPS) is 15.9. The van der Waals surface area contributed by atoms with Crippen molar-refractivity contribution in [3.63, 3.8) is 0 Å². The average Bonchev–Trinajstić information content (AvgIpc) is 3.15. The molecule has 2 rings (SSSR count). The molecule has 0 heterocycles. The highest BCUT2D eigenvalue weighted by Crippen LogP contribution is 2.33. The summed E-state index contributed by atoms with van der Waals surface area (Å²) in [6.45, 7) is 0. The fourth-order valence-corrected chi connectivity index (χ4v) is 1.82. The van der Waals surface area contributed by atoms with Crippen molar-refractivity contribution in [2.75, 3.05) is 0 Å². The lowest BCUT2D eigenvalue weighted by Crippen LogP contribution is -2.41. The Labute approximate surface area is 108 Å². The maximum absolute atomic E-state index is 13.4. The van der Waals surface area contributed by atoms with Crippen LogP contribution < -0.4 is 5.32 Å². The number of carbonyl (C=O) groups excluding carboxylic acids is 1. The molecule has 1 aliphatic carbocycles. The van der Waals surface area contributed by atoms with Crippen LogP contribution in [0, 0.1) is 17.6 Å².